The van der Waals surface area contributed by atoms with Crippen molar-refractivity contribution in [1.29, 1.82) is 0 Å². The first-order valence-corrected chi connectivity index (χ1v) is 7.74. The van der Waals surface area contributed by atoms with Gasteiger partial charge in [0.2, 0.25) is 0 Å². The van der Waals surface area contributed by atoms with E-state index in [2.05, 4.69) is 66.0 Å². The Morgan fingerprint density at radius 3 is 1.87 bits per heavy atom. The first kappa shape index (κ1) is 13.6. The fraction of sp³-hybridized carbons (Fsp3) is 0.0476. The van der Waals surface area contributed by atoms with Crippen LogP contribution in [-0.4, -0.2) is 0 Å². The molecule has 3 aromatic carbocycles. The topological polar surface area (TPSA) is 21.3 Å². The molecular weight excluding hydrogens is 282 g/mol. The Morgan fingerprint density at radius 2 is 1.17 bits per heavy atom. The summed E-state index contributed by atoms with van der Waals surface area (Å²) < 4.78 is 6.03. The summed E-state index contributed by atoms with van der Waals surface area (Å²) in [6, 6.07) is 29.0. The molecule has 3 aromatic rings. The molecule has 0 fully saturated rings. The van der Waals surface area contributed by atoms with Crippen molar-refractivity contribution in [3.63, 3.8) is 0 Å². The molecule has 1 aliphatic heterocycles. The Morgan fingerprint density at radius 1 is 0.609 bits per heavy atom. The summed E-state index contributed by atoms with van der Waals surface area (Å²) in [5.41, 5.74) is 4.64. The van der Waals surface area contributed by atoms with Crippen molar-refractivity contribution in [2.24, 2.45) is 0 Å². The van der Waals surface area contributed by atoms with Crippen molar-refractivity contribution >= 4 is 5.76 Å². The Kier molecular flexibility index (Phi) is 3.57. The average Bonchev–Trinajstić information content (AvgIpc) is 3.14. The second kappa shape index (κ2) is 6.01. The molecule has 23 heavy (non-hydrogen) atoms. The second-order valence-corrected chi connectivity index (χ2v) is 5.53. The summed E-state index contributed by atoms with van der Waals surface area (Å²) in [6.45, 7) is 0. The average molecular weight is 299 g/mol. The van der Waals surface area contributed by atoms with Crippen molar-refractivity contribution < 1.29 is 4.74 Å². The lowest BCUT2D eigenvalue weighted by Gasteiger charge is -2.13. The van der Waals surface area contributed by atoms with Gasteiger partial charge < -0.3 is 10.1 Å². The van der Waals surface area contributed by atoms with Crippen LogP contribution in [0, 0.1) is 0 Å². The van der Waals surface area contributed by atoms with E-state index in [9.17, 15) is 0 Å². The van der Waals surface area contributed by atoms with Crippen LogP contribution < -0.4 is 5.32 Å². The molecule has 0 radical (unpaired) electrons. The maximum Gasteiger partial charge on any atom is 0.196 e. The SMILES string of the molecule is C1=C(c2ccc(-c3ccccc3)cc2)OC(c2ccccc2)N1. The lowest BCUT2D eigenvalue weighted by atomic mass is 10.0. The molecule has 0 aromatic heterocycles. The molecule has 0 amide bonds. The quantitative estimate of drug-likeness (QED) is 0.737. The highest BCUT2D eigenvalue weighted by Gasteiger charge is 2.19. The fourth-order valence-corrected chi connectivity index (χ4v) is 2.75. The van der Waals surface area contributed by atoms with Crippen LogP contribution in [0.4, 0.5) is 0 Å². The number of ether oxygens (including phenoxy) is 1. The highest BCUT2D eigenvalue weighted by Crippen LogP contribution is 2.30. The predicted octanol–water partition coefficient (Wildman–Crippen LogP) is 4.97. The molecule has 1 aliphatic rings. The number of hydrogen-bond acceptors (Lipinski definition) is 2. The van der Waals surface area contributed by atoms with E-state index in [1.54, 1.807) is 0 Å². The molecule has 1 heterocycles. The first-order valence-electron chi connectivity index (χ1n) is 7.74. The molecule has 4 rings (SSSR count). The molecule has 1 N–H and O–H groups in total. The number of benzene rings is 3. The van der Waals surface area contributed by atoms with Gasteiger partial charge in [0.1, 0.15) is 5.76 Å². The zero-order valence-corrected chi connectivity index (χ0v) is 12.6. The van der Waals surface area contributed by atoms with Crippen molar-refractivity contribution in [3.05, 3.63) is 102 Å². The molecule has 1 atom stereocenters. The molecule has 0 aliphatic carbocycles. The van der Waals surface area contributed by atoms with Crippen LogP contribution in [0.25, 0.3) is 16.9 Å². The van der Waals surface area contributed by atoms with Gasteiger partial charge in [-0.15, -0.1) is 0 Å². The van der Waals surface area contributed by atoms with Crippen molar-refractivity contribution in [3.8, 4) is 11.1 Å². The van der Waals surface area contributed by atoms with Crippen LogP contribution in [0.3, 0.4) is 0 Å². The maximum absolute atomic E-state index is 6.03. The molecule has 0 spiro atoms. The largest absolute Gasteiger partial charge is 0.464 e. The van der Waals surface area contributed by atoms with Crippen LogP contribution in [0.2, 0.25) is 0 Å². The third-order valence-electron chi connectivity index (χ3n) is 3.99. The standard InChI is InChI=1S/C21H17NO/c1-3-7-16(8-4-1)17-11-13-18(14-12-17)20-15-22-21(23-20)19-9-5-2-6-10-19/h1-15,21-22H. The van der Waals surface area contributed by atoms with Crippen LogP contribution in [0.15, 0.2) is 91.1 Å². The fourth-order valence-electron chi connectivity index (χ4n) is 2.75. The number of hydrogen-bond donors (Lipinski definition) is 1. The molecule has 2 nitrogen and oxygen atoms in total. The van der Waals surface area contributed by atoms with Gasteiger partial charge in [0, 0.05) is 17.3 Å². The van der Waals surface area contributed by atoms with E-state index in [4.69, 9.17) is 4.74 Å². The summed E-state index contributed by atoms with van der Waals surface area (Å²) in [6.07, 6.45) is 1.83. The summed E-state index contributed by atoms with van der Waals surface area (Å²) in [7, 11) is 0. The highest BCUT2D eigenvalue weighted by atomic mass is 16.5. The Bertz CT molecular complexity index is 807. The maximum atomic E-state index is 6.03. The number of nitrogens with one attached hydrogen (secondary N) is 1. The summed E-state index contributed by atoms with van der Waals surface area (Å²) in [4.78, 5) is 0. The second-order valence-electron chi connectivity index (χ2n) is 5.53. The molecular formula is C21H17NO. The number of rotatable bonds is 3. The first-order chi connectivity index (χ1) is 11.4. The lowest BCUT2D eigenvalue weighted by molar-refractivity contribution is 0.174. The van der Waals surface area contributed by atoms with E-state index in [0.29, 0.717) is 0 Å². The van der Waals surface area contributed by atoms with Gasteiger partial charge in [-0.2, -0.15) is 0 Å². The molecule has 1 unspecified atom stereocenters. The molecule has 2 heteroatoms. The van der Waals surface area contributed by atoms with Gasteiger partial charge in [0.15, 0.2) is 6.23 Å². The zero-order chi connectivity index (χ0) is 15.5. The van der Waals surface area contributed by atoms with Crippen LogP contribution in [0.5, 0.6) is 0 Å². The molecule has 0 saturated carbocycles. The van der Waals surface area contributed by atoms with Gasteiger partial charge in [0.25, 0.3) is 0 Å². The van der Waals surface area contributed by atoms with Crippen LogP contribution >= 0.6 is 0 Å². The predicted molar refractivity (Wildman–Crippen MR) is 93.3 cm³/mol. The summed E-state index contributed by atoms with van der Waals surface area (Å²) >= 11 is 0. The Hall–Kier alpha value is -3.00. The third kappa shape index (κ3) is 2.84. The Balaban J connectivity index is 1.51. The Labute approximate surface area is 136 Å². The van der Waals surface area contributed by atoms with Gasteiger partial charge in [-0.05, 0) is 11.1 Å². The van der Waals surface area contributed by atoms with Gasteiger partial charge in [-0.25, -0.2) is 0 Å². The third-order valence-corrected chi connectivity index (χ3v) is 3.99. The van der Waals surface area contributed by atoms with Gasteiger partial charge in [0.05, 0.1) is 0 Å². The summed E-state index contributed by atoms with van der Waals surface area (Å²) in [5.74, 6) is 0.874. The van der Waals surface area contributed by atoms with Gasteiger partial charge in [-0.1, -0.05) is 84.9 Å². The van der Waals surface area contributed by atoms with Crippen LogP contribution in [0.1, 0.15) is 17.4 Å². The normalized spacial score (nSPS) is 16.3. The minimum Gasteiger partial charge on any atom is -0.464 e. The van der Waals surface area contributed by atoms with Gasteiger partial charge >= 0.3 is 0 Å². The molecule has 112 valence electrons. The zero-order valence-electron chi connectivity index (χ0n) is 12.6. The van der Waals surface area contributed by atoms with E-state index < -0.39 is 0 Å². The van der Waals surface area contributed by atoms with E-state index in [1.165, 1.54) is 11.1 Å². The lowest BCUT2D eigenvalue weighted by Crippen LogP contribution is -2.10. The van der Waals surface area contributed by atoms with Crippen molar-refractivity contribution in [1.82, 2.24) is 5.32 Å². The minimum atomic E-state index is -0.111. The smallest absolute Gasteiger partial charge is 0.196 e. The van der Waals surface area contributed by atoms with E-state index in [0.717, 1.165) is 16.9 Å². The molecule has 0 saturated heterocycles. The van der Waals surface area contributed by atoms with Crippen molar-refractivity contribution in [2.75, 3.05) is 0 Å². The highest BCUT2D eigenvalue weighted by molar-refractivity contribution is 5.68. The van der Waals surface area contributed by atoms with E-state index in [1.807, 2.05) is 30.5 Å². The van der Waals surface area contributed by atoms with E-state index in [-0.39, 0.29) is 6.23 Å². The van der Waals surface area contributed by atoms with Gasteiger partial charge in [-0.3, -0.25) is 0 Å². The molecule has 0 bridgehead atoms. The van der Waals surface area contributed by atoms with E-state index >= 15 is 0 Å². The summed E-state index contributed by atoms with van der Waals surface area (Å²) in [5, 5.41) is 3.28. The van der Waals surface area contributed by atoms with Crippen molar-refractivity contribution in [2.45, 2.75) is 6.23 Å². The minimum absolute atomic E-state index is 0.111. The monoisotopic (exact) mass is 299 g/mol. The van der Waals surface area contributed by atoms with Crippen LogP contribution in [-0.2, 0) is 4.74 Å².